The quantitative estimate of drug-likeness (QED) is 0.485. The molecule has 0 aromatic heterocycles. The van der Waals surface area contributed by atoms with Crippen molar-refractivity contribution in [1.29, 1.82) is 0 Å². The molecule has 4 heteroatoms. The van der Waals surface area contributed by atoms with E-state index >= 15 is 0 Å². The molecule has 0 radical (unpaired) electrons. The lowest BCUT2D eigenvalue weighted by Crippen LogP contribution is -2.54. The van der Waals surface area contributed by atoms with Gasteiger partial charge in [0.25, 0.3) is 0 Å². The highest BCUT2D eigenvalue weighted by atomic mass is 16.3. The van der Waals surface area contributed by atoms with Crippen molar-refractivity contribution >= 4 is 5.91 Å². The second-order valence-corrected chi connectivity index (χ2v) is 3.17. The van der Waals surface area contributed by atoms with Crippen molar-refractivity contribution in [3.05, 3.63) is 0 Å². The van der Waals surface area contributed by atoms with Gasteiger partial charge in [-0.05, 0) is 12.8 Å². The molecule has 0 spiro atoms. The van der Waals surface area contributed by atoms with Crippen LogP contribution in [0.3, 0.4) is 0 Å². The standard InChI is InChI=1S/C7H12N2O2/c10-6-5-8-7(11)3-1-2-4-9(6)7/h8,11H,1-5H2/t7-/m1/s1. The third-order valence-corrected chi connectivity index (χ3v) is 2.43. The zero-order chi connectivity index (χ0) is 7.90. The van der Waals surface area contributed by atoms with E-state index < -0.39 is 5.85 Å². The summed E-state index contributed by atoms with van der Waals surface area (Å²) >= 11 is 0. The normalized spacial score (nSPS) is 37.5. The van der Waals surface area contributed by atoms with Crippen molar-refractivity contribution in [3.8, 4) is 0 Å². The number of piperidine rings is 1. The molecule has 2 rings (SSSR count). The number of carbonyl (C=O) groups is 1. The minimum atomic E-state index is -1.00. The molecule has 2 heterocycles. The highest BCUT2D eigenvalue weighted by Gasteiger charge is 2.44. The van der Waals surface area contributed by atoms with Crippen molar-refractivity contribution < 1.29 is 9.90 Å². The van der Waals surface area contributed by atoms with E-state index in [4.69, 9.17) is 0 Å². The summed E-state index contributed by atoms with van der Waals surface area (Å²) in [6.07, 6.45) is 2.67. The van der Waals surface area contributed by atoms with Gasteiger partial charge in [0.05, 0.1) is 6.54 Å². The number of nitrogens with zero attached hydrogens (tertiary/aromatic N) is 1. The molecule has 2 fully saturated rings. The van der Waals surface area contributed by atoms with Gasteiger partial charge < -0.3 is 10.0 Å². The second-order valence-electron chi connectivity index (χ2n) is 3.17. The zero-order valence-corrected chi connectivity index (χ0v) is 6.34. The molecule has 0 unspecified atom stereocenters. The van der Waals surface area contributed by atoms with Crippen LogP contribution in [0.1, 0.15) is 19.3 Å². The van der Waals surface area contributed by atoms with Gasteiger partial charge in [-0.15, -0.1) is 0 Å². The number of rotatable bonds is 0. The Balaban J connectivity index is 2.21. The van der Waals surface area contributed by atoms with Crippen LogP contribution in [0.15, 0.2) is 0 Å². The minimum Gasteiger partial charge on any atom is -0.358 e. The summed E-state index contributed by atoms with van der Waals surface area (Å²) in [4.78, 5) is 12.7. The molecule has 0 aromatic rings. The van der Waals surface area contributed by atoms with E-state index in [0.29, 0.717) is 13.0 Å². The highest BCUT2D eigenvalue weighted by molar-refractivity contribution is 5.81. The lowest BCUT2D eigenvalue weighted by Gasteiger charge is -2.36. The van der Waals surface area contributed by atoms with Crippen LogP contribution in [0.25, 0.3) is 0 Å². The molecule has 0 aliphatic carbocycles. The molecule has 2 N–H and O–H groups in total. The van der Waals surface area contributed by atoms with Crippen molar-refractivity contribution in [1.82, 2.24) is 10.2 Å². The molecule has 0 aromatic carbocycles. The van der Waals surface area contributed by atoms with E-state index in [-0.39, 0.29) is 12.5 Å². The van der Waals surface area contributed by atoms with Gasteiger partial charge in [-0.25, -0.2) is 0 Å². The molecule has 2 aliphatic heterocycles. The topological polar surface area (TPSA) is 52.6 Å². The van der Waals surface area contributed by atoms with Gasteiger partial charge in [0.1, 0.15) is 0 Å². The first-order chi connectivity index (χ1) is 5.22. The number of hydrogen-bond donors (Lipinski definition) is 2. The largest absolute Gasteiger partial charge is 0.358 e. The van der Waals surface area contributed by atoms with Crippen LogP contribution in [0, 0.1) is 0 Å². The molecule has 62 valence electrons. The van der Waals surface area contributed by atoms with Crippen LogP contribution in [0.5, 0.6) is 0 Å². The number of fused-ring (bicyclic) bond motifs is 1. The van der Waals surface area contributed by atoms with E-state index in [9.17, 15) is 9.90 Å². The Morgan fingerprint density at radius 2 is 2.36 bits per heavy atom. The summed E-state index contributed by atoms with van der Waals surface area (Å²) < 4.78 is 0. The Morgan fingerprint density at radius 1 is 1.55 bits per heavy atom. The van der Waals surface area contributed by atoms with Crippen molar-refractivity contribution in [2.45, 2.75) is 25.1 Å². The predicted octanol–water partition coefficient (Wildman–Crippen LogP) is -0.752. The van der Waals surface area contributed by atoms with E-state index in [1.807, 2.05) is 0 Å². The van der Waals surface area contributed by atoms with Crippen molar-refractivity contribution in [3.63, 3.8) is 0 Å². The maximum absolute atomic E-state index is 11.1. The Kier molecular flexibility index (Phi) is 1.40. The van der Waals surface area contributed by atoms with E-state index in [2.05, 4.69) is 5.32 Å². The van der Waals surface area contributed by atoms with Crippen molar-refractivity contribution in [2.75, 3.05) is 13.1 Å². The fourth-order valence-electron chi connectivity index (χ4n) is 1.79. The van der Waals surface area contributed by atoms with E-state index in [1.54, 1.807) is 0 Å². The smallest absolute Gasteiger partial charge is 0.239 e. The average Bonchev–Trinajstić information content (AvgIpc) is 2.29. The van der Waals surface area contributed by atoms with Gasteiger partial charge in [-0.2, -0.15) is 0 Å². The predicted molar refractivity (Wildman–Crippen MR) is 38.5 cm³/mol. The second kappa shape index (κ2) is 2.19. The SMILES string of the molecule is O=C1CN[C@]2(O)CCCCN12. The Labute approximate surface area is 65.2 Å². The van der Waals surface area contributed by atoms with Gasteiger partial charge in [-0.1, -0.05) is 0 Å². The van der Waals surface area contributed by atoms with Crippen molar-refractivity contribution in [2.24, 2.45) is 0 Å². The molecule has 0 saturated carbocycles. The lowest BCUT2D eigenvalue weighted by atomic mass is 10.1. The molecule has 11 heavy (non-hydrogen) atoms. The van der Waals surface area contributed by atoms with Crippen LogP contribution >= 0.6 is 0 Å². The summed E-state index contributed by atoms with van der Waals surface area (Å²) in [6, 6.07) is 0. The number of amides is 1. The van der Waals surface area contributed by atoms with Crippen LogP contribution in [0.2, 0.25) is 0 Å². The molecule has 0 bridgehead atoms. The maximum atomic E-state index is 11.1. The van der Waals surface area contributed by atoms with E-state index in [1.165, 1.54) is 4.90 Å². The lowest BCUT2D eigenvalue weighted by molar-refractivity contribution is -0.155. The molecule has 1 atom stereocenters. The number of hydrogen-bond acceptors (Lipinski definition) is 3. The minimum absolute atomic E-state index is 0.0206. The third kappa shape index (κ3) is 0.937. The molecule has 1 amide bonds. The summed E-state index contributed by atoms with van der Waals surface area (Å²) in [6.45, 7) is 0.985. The Hall–Kier alpha value is -0.610. The number of aliphatic hydroxyl groups is 1. The van der Waals surface area contributed by atoms with Gasteiger partial charge in [0.15, 0.2) is 5.85 Å². The monoisotopic (exact) mass is 156 g/mol. The zero-order valence-electron chi connectivity index (χ0n) is 6.34. The first kappa shape index (κ1) is 7.06. The van der Waals surface area contributed by atoms with Crippen LogP contribution in [-0.2, 0) is 4.79 Å². The first-order valence-corrected chi connectivity index (χ1v) is 4.00. The molecular weight excluding hydrogens is 144 g/mol. The van der Waals surface area contributed by atoms with Gasteiger partial charge in [0.2, 0.25) is 5.91 Å². The average molecular weight is 156 g/mol. The Bertz CT molecular complexity index is 195. The summed E-state index contributed by atoms with van der Waals surface area (Å²) in [5.74, 6) is -0.984. The summed E-state index contributed by atoms with van der Waals surface area (Å²) in [7, 11) is 0. The third-order valence-electron chi connectivity index (χ3n) is 2.43. The summed E-state index contributed by atoms with van der Waals surface area (Å²) in [5, 5.41) is 12.6. The molecule has 2 saturated heterocycles. The fourth-order valence-corrected chi connectivity index (χ4v) is 1.79. The maximum Gasteiger partial charge on any atom is 0.239 e. The van der Waals surface area contributed by atoms with Crippen LogP contribution in [0.4, 0.5) is 0 Å². The molecular formula is C7H12N2O2. The van der Waals surface area contributed by atoms with Gasteiger partial charge >= 0.3 is 0 Å². The van der Waals surface area contributed by atoms with Crippen LogP contribution < -0.4 is 5.32 Å². The van der Waals surface area contributed by atoms with E-state index in [0.717, 1.165) is 12.8 Å². The Morgan fingerprint density at radius 3 is 3.09 bits per heavy atom. The van der Waals surface area contributed by atoms with Gasteiger partial charge in [-0.3, -0.25) is 10.1 Å². The van der Waals surface area contributed by atoms with Gasteiger partial charge in [0, 0.05) is 13.0 Å². The van der Waals surface area contributed by atoms with Crippen LogP contribution in [-0.4, -0.2) is 34.9 Å². The first-order valence-electron chi connectivity index (χ1n) is 4.00. The molecule has 4 nitrogen and oxygen atoms in total. The molecule has 2 aliphatic rings. The summed E-state index contributed by atoms with van der Waals surface area (Å²) in [5.41, 5.74) is 0. The highest BCUT2D eigenvalue weighted by Crippen LogP contribution is 2.26. The number of carbonyl (C=O) groups excluding carboxylic acids is 1. The number of nitrogens with one attached hydrogen (secondary N) is 1. The fraction of sp³-hybridized carbons (Fsp3) is 0.857.